The first-order chi connectivity index (χ1) is 13.3. The zero-order valence-corrected chi connectivity index (χ0v) is 17.2. The molecule has 0 saturated carbocycles. The van der Waals surface area contributed by atoms with Crippen molar-refractivity contribution >= 4 is 28.8 Å². The topological polar surface area (TPSA) is 38.8 Å². The standard InChI is InChI=1S/C24H25NO3/c1-14-9-18-15(2)13-24(3,4)25-22(18)19(10-14)20(23(25)26)11-16-7-8-17(27-5)12-21(16)28-6/h7-13H,1-6H3. The molecule has 0 unspecified atom stereocenters. The summed E-state index contributed by atoms with van der Waals surface area (Å²) in [5.74, 6) is 1.42. The highest BCUT2D eigenvalue weighted by Crippen LogP contribution is 2.50. The van der Waals surface area contributed by atoms with E-state index < -0.39 is 0 Å². The summed E-state index contributed by atoms with van der Waals surface area (Å²) < 4.78 is 10.8. The normalized spacial score (nSPS) is 18.2. The molecule has 1 amide bonds. The van der Waals surface area contributed by atoms with Crippen molar-refractivity contribution in [2.24, 2.45) is 0 Å². The molecule has 2 aliphatic heterocycles. The summed E-state index contributed by atoms with van der Waals surface area (Å²) in [6.45, 7) is 8.35. The van der Waals surface area contributed by atoms with E-state index in [1.807, 2.05) is 29.2 Å². The summed E-state index contributed by atoms with van der Waals surface area (Å²) in [5, 5.41) is 0. The molecule has 2 aromatic rings. The van der Waals surface area contributed by atoms with Gasteiger partial charge in [-0.3, -0.25) is 9.69 Å². The number of anilines is 1. The van der Waals surface area contributed by atoms with Crippen LogP contribution in [-0.2, 0) is 4.79 Å². The number of methoxy groups -OCH3 is 2. The number of rotatable bonds is 3. The van der Waals surface area contributed by atoms with Crippen LogP contribution in [0.5, 0.6) is 11.5 Å². The van der Waals surface area contributed by atoms with Crippen molar-refractivity contribution in [3.8, 4) is 11.5 Å². The molecule has 4 rings (SSSR count). The molecule has 2 aromatic carbocycles. The van der Waals surface area contributed by atoms with Gasteiger partial charge < -0.3 is 9.47 Å². The first kappa shape index (κ1) is 18.4. The molecule has 0 saturated heterocycles. The number of benzene rings is 2. The van der Waals surface area contributed by atoms with Crippen molar-refractivity contribution in [1.29, 1.82) is 0 Å². The predicted octanol–water partition coefficient (Wildman–Crippen LogP) is 5.09. The number of hydrogen-bond acceptors (Lipinski definition) is 3. The Morgan fingerprint density at radius 2 is 1.71 bits per heavy atom. The largest absolute Gasteiger partial charge is 0.497 e. The molecular formula is C24H25NO3. The maximum atomic E-state index is 13.5. The van der Waals surface area contributed by atoms with Crippen molar-refractivity contribution < 1.29 is 14.3 Å². The van der Waals surface area contributed by atoms with Crippen molar-refractivity contribution in [1.82, 2.24) is 0 Å². The van der Waals surface area contributed by atoms with Crippen molar-refractivity contribution in [2.45, 2.75) is 33.2 Å². The van der Waals surface area contributed by atoms with Crippen LogP contribution in [0.15, 0.2) is 36.4 Å². The number of allylic oxidation sites excluding steroid dienone is 1. The minimum Gasteiger partial charge on any atom is -0.497 e. The van der Waals surface area contributed by atoms with E-state index in [1.54, 1.807) is 14.2 Å². The van der Waals surface area contributed by atoms with E-state index in [0.717, 1.165) is 33.7 Å². The van der Waals surface area contributed by atoms with E-state index in [0.29, 0.717) is 11.3 Å². The minimum absolute atomic E-state index is 0.0217. The Balaban J connectivity index is 1.95. The van der Waals surface area contributed by atoms with Gasteiger partial charge >= 0.3 is 0 Å². The summed E-state index contributed by atoms with van der Waals surface area (Å²) in [4.78, 5) is 15.4. The number of hydrogen-bond donors (Lipinski definition) is 0. The van der Waals surface area contributed by atoms with Crippen LogP contribution in [0.2, 0.25) is 0 Å². The fraction of sp³-hybridized carbons (Fsp3) is 0.292. The summed E-state index contributed by atoms with van der Waals surface area (Å²) in [7, 11) is 3.25. The van der Waals surface area contributed by atoms with Gasteiger partial charge in [-0.25, -0.2) is 0 Å². The maximum Gasteiger partial charge on any atom is 0.259 e. The van der Waals surface area contributed by atoms with Crippen LogP contribution in [0.25, 0.3) is 17.2 Å². The quantitative estimate of drug-likeness (QED) is 0.701. The van der Waals surface area contributed by atoms with Gasteiger partial charge in [-0.2, -0.15) is 0 Å². The molecule has 0 bridgehead atoms. The fourth-order valence-corrected chi connectivity index (χ4v) is 4.32. The molecule has 2 heterocycles. The monoisotopic (exact) mass is 375 g/mol. The van der Waals surface area contributed by atoms with E-state index in [2.05, 4.69) is 45.9 Å². The van der Waals surface area contributed by atoms with E-state index in [1.165, 1.54) is 5.57 Å². The molecule has 0 radical (unpaired) electrons. The van der Waals surface area contributed by atoms with Crippen LogP contribution in [-0.4, -0.2) is 25.7 Å². The van der Waals surface area contributed by atoms with Gasteiger partial charge in [0.15, 0.2) is 0 Å². The lowest BCUT2D eigenvalue weighted by atomic mass is 9.88. The fourth-order valence-electron chi connectivity index (χ4n) is 4.32. The van der Waals surface area contributed by atoms with Gasteiger partial charge in [0.1, 0.15) is 11.5 Å². The number of carbonyl (C=O) groups excluding carboxylic acids is 1. The molecule has 0 N–H and O–H groups in total. The van der Waals surface area contributed by atoms with E-state index in [-0.39, 0.29) is 11.4 Å². The van der Waals surface area contributed by atoms with Crippen LogP contribution in [0.4, 0.5) is 5.69 Å². The zero-order valence-electron chi connectivity index (χ0n) is 17.2. The SMILES string of the molecule is COc1ccc(C=C2C(=O)N3c4c(cc(C)cc42)C(C)=CC3(C)C)c(OC)c1. The second-order valence-electron chi connectivity index (χ2n) is 8.00. The third kappa shape index (κ3) is 2.63. The van der Waals surface area contributed by atoms with Gasteiger partial charge in [-0.1, -0.05) is 6.08 Å². The first-order valence-corrected chi connectivity index (χ1v) is 9.40. The highest BCUT2D eigenvalue weighted by molar-refractivity contribution is 6.37. The lowest BCUT2D eigenvalue weighted by Gasteiger charge is -2.38. The van der Waals surface area contributed by atoms with Crippen molar-refractivity contribution in [3.05, 3.63) is 58.7 Å². The van der Waals surface area contributed by atoms with E-state index in [9.17, 15) is 4.79 Å². The van der Waals surface area contributed by atoms with Gasteiger partial charge in [0.2, 0.25) is 0 Å². The van der Waals surface area contributed by atoms with Crippen molar-refractivity contribution in [2.75, 3.05) is 19.1 Å². The Hall–Kier alpha value is -3.01. The lowest BCUT2D eigenvalue weighted by Crippen LogP contribution is -2.46. The number of carbonyl (C=O) groups is 1. The molecule has 0 spiro atoms. The second-order valence-corrected chi connectivity index (χ2v) is 8.00. The van der Waals surface area contributed by atoms with E-state index >= 15 is 0 Å². The molecule has 0 fully saturated rings. The average molecular weight is 375 g/mol. The third-order valence-corrected chi connectivity index (χ3v) is 5.51. The molecule has 0 aliphatic carbocycles. The molecule has 0 atom stereocenters. The summed E-state index contributed by atoms with van der Waals surface area (Å²) in [6, 6.07) is 9.90. The van der Waals surface area contributed by atoms with E-state index in [4.69, 9.17) is 9.47 Å². The number of nitrogens with zero attached hydrogens (tertiary/aromatic N) is 1. The maximum absolute atomic E-state index is 13.5. The minimum atomic E-state index is -0.377. The van der Waals surface area contributed by atoms with Crippen LogP contribution < -0.4 is 14.4 Å². The van der Waals surface area contributed by atoms with Crippen LogP contribution in [0.1, 0.15) is 43.0 Å². The summed E-state index contributed by atoms with van der Waals surface area (Å²) in [5.41, 5.74) is 6.65. The van der Waals surface area contributed by atoms with Gasteiger partial charge in [0.05, 0.1) is 31.0 Å². The van der Waals surface area contributed by atoms with Gasteiger partial charge in [-0.05, 0) is 69.2 Å². The number of amides is 1. The van der Waals surface area contributed by atoms with Gasteiger partial charge in [0, 0.05) is 22.8 Å². The third-order valence-electron chi connectivity index (χ3n) is 5.51. The summed E-state index contributed by atoms with van der Waals surface area (Å²) >= 11 is 0. The Labute approximate surface area is 166 Å². The highest BCUT2D eigenvalue weighted by Gasteiger charge is 2.44. The second kappa shape index (κ2) is 6.26. The number of ether oxygens (including phenoxy) is 2. The predicted molar refractivity (Wildman–Crippen MR) is 114 cm³/mol. The highest BCUT2D eigenvalue weighted by atomic mass is 16.5. The molecule has 0 aromatic heterocycles. The molecule has 144 valence electrons. The molecule has 2 aliphatic rings. The molecule has 28 heavy (non-hydrogen) atoms. The Morgan fingerprint density at radius 1 is 1.00 bits per heavy atom. The van der Waals surface area contributed by atoms with Crippen molar-refractivity contribution in [3.63, 3.8) is 0 Å². The Morgan fingerprint density at radius 3 is 2.39 bits per heavy atom. The molecular weight excluding hydrogens is 350 g/mol. The molecule has 4 heteroatoms. The van der Waals surface area contributed by atoms with Crippen LogP contribution in [0, 0.1) is 6.92 Å². The lowest BCUT2D eigenvalue weighted by molar-refractivity contribution is -0.113. The Kier molecular flexibility index (Phi) is 4.11. The van der Waals surface area contributed by atoms with Gasteiger partial charge in [-0.15, -0.1) is 0 Å². The first-order valence-electron chi connectivity index (χ1n) is 9.40. The van der Waals surface area contributed by atoms with Gasteiger partial charge in [0.25, 0.3) is 5.91 Å². The zero-order chi connectivity index (χ0) is 20.2. The van der Waals surface area contributed by atoms with Crippen LogP contribution >= 0.6 is 0 Å². The average Bonchev–Trinajstić information content (AvgIpc) is 2.92. The van der Waals surface area contributed by atoms with Crippen LogP contribution in [0.3, 0.4) is 0 Å². The molecule has 4 nitrogen and oxygen atoms in total. The number of aryl methyl sites for hydroxylation is 1. The summed E-state index contributed by atoms with van der Waals surface area (Å²) in [6.07, 6.45) is 4.10. The Bertz CT molecular complexity index is 1060. The smallest absolute Gasteiger partial charge is 0.259 e.